The number of carbonyl (C=O) groups is 1. The molecule has 0 spiro atoms. The lowest BCUT2D eigenvalue weighted by Crippen LogP contribution is -2.35. The van der Waals surface area contributed by atoms with E-state index in [1.54, 1.807) is 6.26 Å². The molecule has 2 N–H and O–H groups in total. The van der Waals surface area contributed by atoms with E-state index in [0.29, 0.717) is 12.5 Å². The number of furan rings is 1. The highest BCUT2D eigenvalue weighted by Gasteiger charge is 2.24. The number of aryl methyl sites for hydroxylation is 1. The number of amides is 1. The van der Waals surface area contributed by atoms with Crippen molar-refractivity contribution in [3.05, 3.63) is 54.0 Å². The molecule has 22 heavy (non-hydrogen) atoms. The number of nitrogens with one attached hydrogen (secondary N) is 2. The van der Waals surface area contributed by atoms with Crippen LogP contribution in [0.15, 0.2) is 47.1 Å². The molecule has 4 nitrogen and oxygen atoms in total. The predicted octanol–water partition coefficient (Wildman–Crippen LogP) is 3.66. The largest absolute Gasteiger partial charge is 0.469 e. The molecule has 1 aromatic heterocycles. The lowest BCUT2D eigenvalue weighted by atomic mass is 9.92. The fraction of sp³-hybridized carbons (Fsp3) is 0.389. The Hall–Kier alpha value is -2.07. The van der Waals surface area contributed by atoms with Crippen LogP contribution in [0, 0.1) is 0 Å². The summed E-state index contributed by atoms with van der Waals surface area (Å²) in [5.41, 5.74) is 2.09. The van der Waals surface area contributed by atoms with E-state index in [0.717, 1.165) is 30.7 Å². The molecule has 0 bridgehead atoms. The molecule has 2 aromatic rings. The van der Waals surface area contributed by atoms with Gasteiger partial charge in [-0.3, -0.25) is 4.79 Å². The zero-order valence-electron chi connectivity index (χ0n) is 12.8. The van der Waals surface area contributed by atoms with Gasteiger partial charge >= 0.3 is 0 Å². The summed E-state index contributed by atoms with van der Waals surface area (Å²) in [4.78, 5) is 12.1. The van der Waals surface area contributed by atoms with E-state index in [9.17, 15) is 4.79 Å². The standard InChI is InChI=1S/C18H22N2O2/c1-13(12-18(21)20-14-6-3-2-4-7-14)19-16-8-5-9-17-15(16)10-11-22-17/h2-4,6-7,10-11,13,16,19H,5,8-9,12H2,1H3,(H,20,21). The van der Waals surface area contributed by atoms with Crippen molar-refractivity contribution in [2.24, 2.45) is 0 Å². The van der Waals surface area contributed by atoms with Gasteiger partial charge < -0.3 is 15.1 Å². The average Bonchev–Trinajstić information content (AvgIpc) is 2.97. The fourth-order valence-corrected chi connectivity index (χ4v) is 3.07. The third-order valence-electron chi connectivity index (χ3n) is 4.09. The number of fused-ring (bicyclic) bond motifs is 1. The van der Waals surface area contributed by atoms with Gasteiger partial charge in [0.05, 0.1) is 6.26 Å². The summed E-state index contributed by atoms with van der Waals surface area (Å²) in [5.74, 6) is 1.12. The van der Waals surface area contributed by atoms with Crippen LogP contribution in [-0.2, 0) is 11.2 Å². The number of carbonyl (C=O) groups excluding carboxylic acids is 1. The second-order valence-corrected chi connectivity index (χ2v) is 5.93. The van der Waals surface area contributed by atoms with Gasteiger partial charge in [0.15, 0.2) is 0 Å². The van der Waals surface area contributed by atoms with Crippen LogP contribution in [0.1, 0.15) is 43.6 Å². The number of anilines is 1. The minimum Gasteiger partial charge on any atom is -0.469 e. The van der Waals surface area contributed by atoms with Crippen molar-refractivity contribution in [1.82, 2.24) is 5.32 Å². The van der Waals surface area contributed by atoms with Crippen molar-refractivity contribution in [3.63, 3.8) is 0 Å². The Balaban J connectivity index is 1.53. The van der Waals surface area contributed by atoms with Crippen molar-refractivity contribution >= 4 is 11.6 Å². The van der Waals surface area contributed by atoms with Crippen LogP contribution < -0.4 is 10.6 Å². The fourth-order valence-electron chi connectivity index (χ4n) is 3.07. The van der Waals surface area contributed by atoms with Crippen LogP contribution in [0.4, 0.5) is 5.69 Å². The van der Waals surface area contributed by atoms with E-state index in [4.69, 9.17) is 4.42 Å². The lowest BCUT2D eigenvalue weighted by molar-refractivity contribution is -0.116. The summed E-state index contributed by atoms with van der Waals surface area (Å²) in [7, 11) is 0. The number of hydrogen-bond donors (Lipinski definition) is 2. The minimum absolute atomic E-state index is 0.0365. The molecule has 1 aliphatic carbocycles. The quantitative estimate of drug-likeness (QED) is 0.885. The van der Waals surface area contributed by atoms with Crippen LogP contribution in [0.5, 0.6) is 0 Å². The van der Waals surface area contributed by atoms with E-state index in [1.165, 1.54) is 5.56 Å². The van der Waals surface area contributed by atoms with Gasteiger partial charge in [-0.05, 0) is 38.0 Å². The Morgan fingerprint density at radius 3 is 2.95 bits per heavy atom. The van der Waals surface area contributed by atoms with Crippen molar-refractivity contribution in [3.8, 4) is 0 Å². The Bertz CT molecular complexity index is 621. The molecule has 0 fully saturated rings. The Kier molecular flexibility index (Phi) is 4.59. The first kappa shape index (κ1) is 14.9. The number of benzene rings is 1. The van der Waals surface area contributed by atoms with Crippen molar-refractivity contribution in [2.45, 2.75) is 44.7 Å². The number of para-hydroxylation sites is 1. The SMILES string of the molecule is CC(CC(=O)Nc1ccccc1)NC1CCCc2occc21. The minimum atomic E-state index is 0.0365. The first-order valence-electron chi connectivity index (χ1n) is 7.89. The molecule has 3 rings (SSSR count). The van der Waals surface area contributed by atoms with E-state index >= 15 is 0 Å². The monoisotopic (exact) mass is 298 g/mol. The third kappa shape index (κ3) is 3.57. The highest BCUT2D eigenvalue weighted by molar-refractivity contribution is 5.91. The molecular formula is C18H22N2O2. The summed E-state index contributed by atoms with van der Waals surface area (Å²) in [6, 6.07) is 12.0. The zero-order valence-corrected chi connectivity index (χ0v) is 12.8. The Morgan fingerprint density at radius 1 is 1.32 bits per heavy atom. The molecule has 0 aliphatic heterocycles. The highest BCUT2D eigenvalue weighted by atomic mass is 16.3. The smallest absolute Gasteiger partial charge is 0.225 e. The van der Waals surface area contributed by atoms with E-state index in [2.05, 4.69) is 17.6 Å². The second kappa shape index (κ2) is 6.79. The molecule has 1 aliphatic rings. The molecule has 1 aromatic carbocycles. The topological polar surface area (TPSA) is 54.3 Å². The summed E-state index contributed by atoms with van der Waals surface area (Å²) in [6.07, 6.45) is 5.46. The molecule has 4 heteroatoms. The van der Waals surface area contributed by atoms with Crippen molar-refractivity contribution in [2.75, 3.05) is 5.32 Å². The van der Waals surface area contributed by atoms with Crippen LogP contribution in [0.3, 0.4) is 0 Å². The maximum atomic E-state index is 12.1. The summed E-state index contributed by atoms with van der Waals surface area (Å²) in [6.45, 7) is 2.05. The van der Waals surface area contributed by atoms with Crippen molar-refractivity contribution < 1.29 is 9.21 Å². The van der Waals surface area contributed by atoms with Gasteiger partial charge in [-0.1, -0.05) is 18.2 Å². The summed E-state index contributed by atoms with van der Waals surface area (Å²) in [5, 5.41) is 6.48. The predicted molar refractivity (Wildman–Crippen MR) is 86.7 cm³/mol. The molecule has 1 heterocycles. The Labute approximate surface area is 130 Å². The lowest BCUT2D eigenvalue weighted by Gasteiger charge is -2.26. The molecular weight excluding hydrogens is 276 g/mol. The molecule has 2 unspecified atom stereocenters. The maximum Gasteiger partial charge on any atom is 0.225 e. The average molecular weight is 298 g/mol. The zero-order chi connectivity index (χ0) is 15.4. The highest BCUT2D eigenvalue weighted by Crippen LogP contribution is 2.30. The van der Waals surface area contributed by atoms with Crippen LogP contribution in [0.2, 0.25) is 0 Å². The van der Waals surface area contributed by atoms with Gasteiger partial charge in [0, 0.05) is 36.2 Å². The molecule has 0 saturated heterocycles. The third-order valence-corrected chi connectivity index (χ3v) is 4.09. The van der Waals surface area contributed by atoms with E-state index in [-0.39, 0.29) is 11.9 Å². The van der Waals surface area contributed by atoms with Crippen LogP contribution in [0.25, 0.3) is 0 Å². The first-order valence-corrected chi connectivity index (χ1v) is 7.89. The number of rotatable bonds is 5. The number of hydrogen-bond acceptors (Lipinski definition) is 3. The van der Waals surface area contributed by atoms with Gasteiger partial charge in [0.2, 0.25) is 5.91 Å². The van der Waals surface area contributed by atoms with Gasteiger partial charge in [-0.15, -0.1) is 0 Å². The van der Waals surface area contributed by atoms with Gasteiger partial charge in [0.25, 0.3) is 0 Å². The first-order chi connectivity index (χ1) is 10.7. The van der Waals surface area contributed by atoms with Gasteiger partial charge in [-0.2, -0.15) is 0 Å². The van der Waals surface area contributed by atoms with Gasteiger partial charge in [-0.25, -0.2) is 0 Å². The van der Waals surface area contributed by atoms with Crippen LogP contribution >= 0.6 is 0 Å². The normalized spacial score (nSPS) is 18.5. The molecule has 1 amide bonds. The molecule has 2 atom stereocenters. The molecule has 0 saturated carbocycles. The summed E-state index contributed by atoms with van der Waals surface area (Å²) >= 11 is 0. The molecule has 116 valence electrons. The van der Waals surface area contributed by atoms with E-state index in [1.807, 2.05) is 36.4 Å². The Morgan fingerprint density at radius 2 is 2.14 bits per heavy atom. The summed E-state index contributed by atoms with van der Waals surface area (Å²) < 4.78 is 5.51. The van der Waals surface area contributed by atoms with Crippen molar-refractivity contribution in [1.29, 1.82) is 0 Å². The second-order valence-electron chi connectivity index (χ2n) is 5.93. The van der Waals surface area contributed by atoms with Gasteiger partial charge in [0.1, 0.15) is 5.76 Å². The van der Waals surface area contributed by atoms with E-state index < -0.39 is 0 Å². The maximum absolute atomic E-state index is 12.1. The molecule has 0 radical (unpaired) electrons. The van der Waals surface area contributed by atoms with Crippen LogP contribution in [-0.4, -0.2) is 11.9 Å².